The summed E-state index contributed by atoms with van der Waals surface area (Å²) < 4.78 is 0. The molecule has 0 amide bonds. The van der Waals surface area contributed by atoms with E-state index in [1.54, 1.807) is 19.3 Å². The van der Waals surface area contributed by atoms with Crippen LogP contribution in [0.2, 0.25) is 0 Å². The molecule has 1 radical (unpaired) electrons. The summed E-state index contributed by atoms with van der Waals surface area (Å²) in [6.45, 7) is 14.7. The van der Waals surface area contributed by atoms with Crippen LogP contribution in [0.3, 0.4) is 0 Å². The second-order valence-corrected chi connectivity index (χ2v) is 15.0. The van der Waals surface area contributed by atoms with E-state index in [2.05, 4.69) is 54.4 Å². The molecule has 1 heteroatoms. The van der Waals surface area contributed by atoms with Crippen molar-refractivity contribution in [3.8, 4) is 0 Å². The zero-order chi connectivity index (χ0) is 23.0. The van der Waals surface area contributed by atoms with Crippen molar-refractivity contribution in [3.63, 3.8) is 0 Å². The van der Waals surface area contributed by atoms with E-state index in [0.29, 0.717) is 0 Å². The molecule has 6 bridgehead atoms. The molecule has 8 saturated carbocycles. The van der Waals surface area contributed by atoms with E-state index in [4.69, 9.17) is 0 Å². The summed E-state index contributed by atoms with van der Waals surface area (Å²) in [6.07, 6.45) is 19.1. The van der Waals surface area contributed by atoms with Crippen LogP contribution in [0.25, 0.3) is 0 Å². The topological polar surface area (TPSA) is 0 Å². The largest absolute Gasteiger partial charge is 0.325 e. The fraction of sp³-hybridized carbons (Fsp3) is 0.939. The second-order valence-electron chi connectivity index (χ2n) is 15.0. The molecule has 191 valence electrons. The number of rotatable bonds is 0. The molecule has 0 aromatic rings. The fourth-order valence-electron chi connectivity index (χ4n) is 11.4. The molecule has 8 aliphatic rings. The van der Waals surface area contributed by atoms with Gasteiger partial charge in [0, 0.05) is 32.7 Å². The predicted octanol–water partition coefficient (Wildman–Crippen LogP) is 8.96. The maximum absolute atomic E-state index is 2.64. The quantitative estimate of drug-likeness (QED) is 0.270. The standard InChI is InChI=1S/C12H18.C11H20.C10H16.Y/c1-7-3-11-9-5-8(2)10(6-9)12(11)4-7;1-8-3-5-11-7-10(8)6-4-9(11)2;1-5-7-3-10-8(5)4-9(10)6(7)2;/h3,5,7-12H,4,6H2,1-2H3;8-11H,3-7H2,1-2H3;5-10H,3-4H2,1-2H3;/q-2;;;. The minimum absolute atomic E-state index is 0. The maximum atomic E-state index is 2.64. The van der Waals surface area contributed by atoms with Gasteiger partial charge in [-0.05, 0) is 91.3 Å². The van der Waals surface area contributed by atoms with Crippen molar-refractivity contribution < 1.29 is 32.7 Å². The predicted molar refractivity (Wildman–Crippen MR) is 140 cm³/mol. The van der Waals surface area contributed by atoms with Crippen LogP contribution in [0.5, 0.6) is 0 Å². The van der Waals surface area contributed by atoms with Crippen molar-refractivity contribution in [1.29, 1.82) is 0 Å². The minimum atomic E-state index is 0. The molecule has 8 fully saturated rings. The van der Waals surface area contributed by atoms with E-state index in [1.165, 1.54) is 56.3 Å². The zero-order valence-corrected chi connectivity index (χ0v) is 26.2. The third kappa shape index (κ3) is 4.50. The molecule has 0 spiro atoms. The Labute approximate surface area is 238 Å². The van der Waals surface area contributed by atoms with E-state index in [9.17, 15) is 0 Å². The molecule has 0 saturated heterocycles. The van der Waals surface area contributed by atoms with Crippen LogP contribution in [0, 0.1) is 108 Å². The van der Waals surface area contributed by atoms with Crippen LogP contribution in [0.1, 0.15) is 99.3 Å². The molecule has 14 unspecified atom stereocenters. The van der Waals surface area contributed by atoms with Crippen molar-refractivity contribution in [2.45, 2.75) is 99.3 Å². The van der Waals surface area contributed by atoms with Crippen LogP contribution in [-0.4, -0.2) is 0 Å². The summed E-state index contributed by atoms with van der Waals surface area (Å²) in [6, 6.07) is 0. The molecule has 8 rings (SSSR count). The summed E-state index contributed by atoms with van der Waals surface area (Å²) in [7, 11) is 0. The van der Waals surface area contributed by atoms with Crippen molar-refractivity contribution >= 4 is 0 Å². The molecule has 8 aliphatic carbocycles. The van der Waals surface area contributed by atoms with E-state index < -0.39 is 0 Å². The van der Waals surface area contributed by atoms with E-state index in [-0.39, 0.29) is 32.7 Å². The SMILES string of the molecule is CC1C2CC3C1CC3C2C.CC1CCC2CC1CCC2C.CC1[CH-]C2C3[CH-]C(C)C(C3)C2C1.[Y]. The average molecular weight is 540 g/mol. The Morgan fingerprint density at radius 1 is 0.500 bits per heavy atom. The minimum Gasteiger partial charge on any atom is -0.325 e. The van der Waals surface area contributed by atoms with Crippen LogP contribution in [0.15, 0.2) is 0 Å². The van der Waals surface area contributed by atoms with Gasteiger partial charge < -0.3 is 12.8 Å². The maximum Gasteiger partial charge on any atom is 0 e. The normalized spacial score (nSPS) is 59.1. The second kappa shape index (κ2) is 10.3. The van der Waals surface area contributed by atoms with Crippen LogP contribution >= 0.6 is 0 Å². The molecule has 0 aliphatic heterocycles. The van der Waals surface area contributed by atoms with Gasteiger partial charge in [0.25, 0.3) is 0 Å². The molecule has 0 N–H and O–H groups in total. The molecule has 0 nitrogen and oxygen atoms in total. The molecule has 0 aromatic carbocycles. The zero-order valence-electron chi connectivity index (χ0n) is 23.3. The first-order valence-electron chi connectivity index (χ1n) is 15.5. The molecule has 34 heavy (non-hydrogen) atoms. The number of hydrogen-bond donors (Lipinski definition) is 0. The molecular weight excluding hydrogens is 485 g/mol. The van der Waals surface area contributed by atoms with Gasteiger partial charge >= 0.3 is 0 Å². The Morgan fingerprint density at radius 2 is 1.09 bits per heavy atom. The molecular formula is C33H54Y-2. The average Bonchev–Trinajstić information content (AvgIpc) is 3.52. The Morgan fingerprint density at radius 3 is 1.62 bits per heavy atom. The monoisotopic (exact) mass is 539 g/mol. The number of hydrogen-bond acceptors (Lipinski definition) is 0. The Balaban J connectivity index is 0.000000105. The third-order valence-corrected chi connectivity index (χ3v) is 13.6. The van der Waals surface area contributed by atoms with Crippen molar-refractivity contribution in [2.24, 2.45) is 94.7 Å². The van der Waals surface area contributed by atoms with Gasteiger partial charge in [0.2, 0.25) is 0 Å². The van der Waals surface area contributed by atoms with Crippen LogP contribution in [0.4, 0.5) is 0 Å². The van der Waals surface area contributed by atoms with Gasteiger partial charge in [-0.1, -0.05) is 79.1 Å². The van der Waals surface area contributed by atoms with Crippen molar-refractivity contribution in [1.82, 2.24) is 0 Å². The van der Waals surface area contributed by atoms with Gasteiger partial charge in [-0.3, -0.25) is 0 Å². The van der Waals surface area contributed by atoms with E-state index in [1.807, 2.05) is 0 Å². The van der Waals surface area contributed by atoms with Gasteiger partial charge in [-0.25, -0.2) is 0 Å². The summed E-state index contributed by atoms with van der Waals surface area (Å²) in [5, 5.41) is 0. The van der Waals surface area contributed by atoms with Crippen LogP contribution < -0.4 is 0 Å². The summed E-state index contributed by atoms with van der Waals surface area (Å²) in [5.74, 6) is 17.1. The van der Waals surface area contributed by atoms with Crippen molar-refractivity contribution in [3.05, 3.63) is 12.8 Å². The van der Waals surface area contributed by atoms with E-state index >= 15 is 0 Å². The summed E-state index contributed by atoms with van der Waals surface area (Å²) in [4.78, 5) is 0. The van der Waals surface area contributed by atoms with Gasteiger partial charge in [-0.15, -0.1) is 0 Å². The Kier molecular flexibility index (Phi) is 8.12. The van der Waals surface area contributed by atoms with E-state index in [0.717, 1.165) is 76.9 Å². The van der Waals surface area contributed by atoms with Gasteiger partial charge in [-0.2, -0.15) is 23.7 Å². The summed E-state index contributed by atoms with van der Waals surface area (Å²) in [5.41, 5.74) is 0. The summed E-state index contributed by atoms with van der Waals surface area (Å²) >= 11 is 0. The smallest absolute Gasteiger partial charge is 0 e. The van der Waals surface area contributed by atoms with Gasteiger partial charge in [0.15, 0.2) is 0 Å². The van der Waals surface area contributed by atoms with Gasteiger partial charge in [0.05, 0.1) is 0 Å². The third-order valence-electron chi connectivity index (χ3n) is 13.6. The first-order chi connectivity index (χ1) is 15.8. The van der Waals surface area contributed by atoms with Crippen molar-refractivity contribution in [2.75, 3.05) is 0 Å². The fourth-order valence-corrected chi connectivity index (χ4v) is 11.4. The first kappa shape index (κ1) is 26.7. The Bertz CT molecular complexity index is 661. The van der Waals surface area contributed by atoms with Gasteiger partial charge in [0.1, 0.15) is 0 Å². The molecule has 14 atom stereocenters. The Hall–Kier alpha value is 1.10. The first-order valence-corrected chi connectivity index (χ1v) is 15.5. The molecule has 0 aromatic heterocycles. The van der Waals surface area contributed by atoms with Crippen LogP contribution in [-0.2, 0) is 32.7 Å². The number of fused-ring (bicyclic) bond motifs is 8. The molecule has 0 heterocycles.